The number of hydrogen-bond acceptors (Lipinski definition) is 5. The molecule has 0 saturated carbocycles. The lowest BCUT2D eigenvalue weighted by Gasteiger charge is -2.22. The number of aliphatic hydroxyl groups is 1. The van der Waals surface area contributed by atoms with Gasteiger partial charge in [-0.1, -0.05) is 50.1 Å². The molecule has 0 aliphatic heterocycles. The molecule has 156 valence electrons. The van der Waals surface area contributed by atoms with Crippen LogP contribution in [0.25, 0.3) is 17.1 Å². The normalized spacial score (nSPS) is 12.9. The van der Waals surface area contributed by atoms with Crippen LogP contribution < -0.4 is 11.1 Å². The van der Waals surface area contributed by atoms with Gasteiger partial charge in [0.15, 0.2) is 11.9 Å². The highest BCUT2D eigenvalue weighted by Crippen LogP contribution is 2.19. The Kier molecular flexibility index (Phi) is 6.92. The smallest absolute Gasteiger partial charge is 0.255 e. The van der Waals surface area contributed by atoms with E-state index < -0.39 is 24.0 Å². The van der Waals surface area contributed by atoms with E-state index in [1.807, 2.05) is 43.3 Å². The minimum atomic E-state index is -1.46. The minimum Gasteiger partial charge on any atom is -0.381 e. The molecule has 30 heavy (non-hydrogen) atoms. The Hall–Kier alpha value is -3.52. The van der Waals surface area contributed by atoms with Crippen molar-refractivity contribution in [2.24, 2.45) is 5.73 Å². The number of carbonyl (C=O) groups is 2. The summed E-state index contributed by atoms with van der Waals surface area (Å²) in [5.74, 6) is -0.987. The molecule has 8 heteroatoms. The van der Waals surface area contributed by atoms with Gasteiger partial charge in [0, 0.05) is 18.0 Å². The van der Waals surface area contributed by atoms with Crippen LogP contribution in [-0.4, -0.2) is 43.8 Å². The number of aromatic nitrogens is 3. The second kappa shape index (κ2) is 9.80. The van der Waals surface area contributed by atoms with Crippen molar-refractivity contribution >= 4 is 11.8 Å². The van der Waals surface area contributed by atoms with E-state index >= 15 is 0 Å². The van der Waals surface area contributed by atoms with E-state index in [0.717, 1.165) is 24.1 Å². The molecule has 2 unspecified atom stereocenters. The van der Waals surface area contributed by atoms with Gasteiger partial charge >= 0.3 is 0 Å². The fourth-order valence-electron chi connectivity index (χ4n) is 3.14. The van der Waals surface area contributed by atoms with Crippen LogP contribution in [0.3, 0.4) is 0 Å². The number of unbranched alkanes of at least 4 members (excludes halogenated alkanes) is 1. The summed E-state index contributed by atoms with van der Waals surface area (Å²) in [6.07, 6.45) is 3.86. The first-order valence-electron chi connectivity index (χ1n) is 9.86. The summed E-state index contributed by atoms with van der Waals surface area (Å²) in [4.78, 5) is 28.7. The highest BCUT2D eigenvalue weighted by Gasteiger charge is 2.27. The Bertz CT molecular complexity index is 1000. The van der Waals surface area contributed by atoms with Crippen molar-refractivity contribution in [3.05, 3.63) is 66.5 Å². The molecular formula is C22H25N5O3. The third kappa shape index (κ3) is 4.90. The summed E-state index contributed by atoms with van der Waals surface area (Å²) in [6.45, 7) is 1.98. The van der Waals surface area contributed by atoms with Gasteiger partial charge in [-0.25, -0.2) is 9.67 Å². The zero-order valence-electron chi connectivity index (χ0n) is 16.7. The Morgan fingerprint density at radius 3 is 2.63 bits per heavy atom. The largest absolute Gasteiger partial charge is 0.381 e. The predicted octanol–water partition coefficient (Wildman–Crippen LogP) is 2.07. The third-order valence-electron chi connectivity index (χ3n) is 4.76. The van der Waals surface area contributed by atoms with Gasteiger partial charge in [-0.2, -0.15) is 5.10 Å². The molecular weight excluding hydrogens is 382 g/mol. The maximum absolute atomic E-state index is 13.0. The maximum atomic E-state index is 13.0. The standard InChI is InChI=1S/C22H25N5O3/c1-2-3-11-18(19(28)20(23)29)25-22(30)16-10-7-13-24-21(16)27-14-12-17(26-27)15-8-5-4-6-9-15/h4-10,12-14,18-19,28H,2-3,11H2,1H3,(H2,23,29)(H,25,30). The van der Waals surface area contributed by atoms with E-state index in [4.69, 9.17) is 5.73 Å². The number of pyridine rings is 1. The first-order valence-corrected chi connectivity index (χ1v) is 9.86. The number of hydrogen-bond donors (Lipinski definition) is 3. The Labute approximate surface area is 174 Å². The molecule has 3 aromatic rings. The molecule has 2 aromatic heterocycles. The number of nitrogens with one attached hydrogen (secondary N) is 1. The van der Waals surface area contributed by atoms with Crippen molar-refractivity contribution < 1.29 is 14.7 Å². The second-order valence-corrected chi connectivity index (χ2v) is 6.96. The molecule has 0 bridgehead atoms. The van der Waals surface area contributed by atoms with Crippen molar-refractivity contribution in [3.63, 3.8) is 0 Å². The molecule has 2 heterocycles. The lowest BCUT2D eigenvalue weighted by Crippen LogP contribution is -2.49. The number of primary amides is 1. The van der Waals surface area contributed by atoms with Crippen LogP contribution in [0.15, 0.2) is 60.9 Å². The lowest BCUT2D eigenvalue weighted by atomic mass is 10.0. The zero-order valence-corrected chi connectivity index (χ0v) is 16.7. The molecule has 2 amide bonds. The van der Waals surface area contributed by atoms with E-state index in [9.17, 15) is 14.7 Å². The monoisotopic (exact) mass is 407 g/mol. The molecule has 2 atom stereocenters. The molecule has 8 nitrogen and oxygen atoms in total. The summed E-state index contributed by atoms with van der Waals surface area (Å²) in [7, 11) is 0. The quantitative estimate of drug-likeness (QED) is 0.501. The third-order valence-corrected chi connectivity index (χ3v) is 4.76. The molecule has 4 N–H and O–H groups in total. The SMILES string of the molecule is CCCCC(NC(=O)c1cccnc1-n1ccc(-c2ccccc2)n1)C(O)C(N)=O. The van der Waals surface area contributed by atoms with E-state index in [0.29, 0.717) is 12.2 Å². The number of carbonyl (C=O) groups excluding carboxylic acids is 2. The van der Waals surface area contributed by atoms with Crippen LogP contribution in [-0.2, 0) is 4.79 Å². The summed E-state index contributed by atoms with van der Waals surface area (Å²) in [5, 5.41) is 17.4. The lowest BCUT2D eigenvalue weighted by molar-refractivity contribution is -0.127. The van der Waals surface area contributed by atoms with Gasteiger partial charge < -0.3 is 16.2 Å². The van der Waals surface area contributed by atoms with Gasteiger partial charge in [-0.3, -0.25) is 9.59 Å². The van der Waals surface area contributed by atoms with E-state index in [1.54, 1.807) is 24.5 Å². The topological polar surface area (TPSA) is 123 Å². The van der Waals surface area contributed by atoms with E-state index in [2.05, 4.69) is 15.4 Å². The average Bonchev–Trinajstić information content (AvgIpc) is 3.26. The molecule has 0 aliphatic carbocycles. The van der Waals surface area contributed by atoms with Crippen LogP contribution in [0.1, 0.15) is 36.5 Å². The molecule has 0 radical (unpaired) electrons. The molecule has 3 rings (SSSR count). The summed E-state index contributed by atoms with van der Waals surface area (Å²) >= 11 is 0. The molecule has 0 spiro atoms. The minimum absolute atomic E-state index is 0.276. The van der Waals surface area contributed by atoms with Gasteiger partial charge in [-0.15, -0.1) is 0 Å². The van der Waals surface area contributed by atoms with Crippen molar-refractivity contribution in [3.8, 4) is 17.1 Å². The zero-order chi connectivity index (χ0) is 21.5. The van der Waals surface area contributed by atoms with Crippen molar-refractivity contribution in [1.29, 1.82) is 0 Å². The molecule has 0 aliphatic rings. The van der Waals surface area contributed by atoms with Crippen molar-refractivity contribution in [1.82, 2.24) is 20.1 Å². The van der Waals surface area contributed by atoms with Crippen LogP contribution in [0.5, 0.6) is 0 Å². The molecule has 1 aromatic carbocycles. The number of amides is 2. The number of rotatable bonds is 9. The number of benzene rings is 1. The summed E-state index contributed by atoms with van der Waals surface area (Å²) in [5.41, 5.74) is 7.21. The van der Waals surface area contributed by atoms with Gasteiger partial charge in [-0.05, 0) is 24.6 Å². The van der Waals surface area contributed by atoms with Crippen LogP contribution in [0.4, 0.5) is 0 Å². The number of aliphatic hydroxyl groups excluding tert-OH is 1. The van der Waals surface area contributed by atoms with Gasteiger partial charge in [0.1, 0.15) is 0 Å². The predicted molar refractivity (Wildman–Crippen MR) is 113 cm³/mol. The highest BCUT2D eigenvalue weighted by molar-refractivity contribution is 5.97. The summed E-state index contributed by atoms with van der Waals surface area (Å²) < 4.78 is 1.53. The number of nitrogens with zero attached hydrogens (tertiary/aromatic N) is 3. The van der Waals surface area contributed by atoms with E-state index in [1.165, 1.54) is 4.68 Å². The van der Waals surface area contributed by atoms with Gasteiger partial charge in [0.2, 0.25) is 5.91 Å². The Morgan fingerprint density at radius 1 is 1.17 bits per heavy atom. The highest BCUT2D eigenvalue weighted by atomic mass is 16.3. The van der Waals surface area contributed by atoms with Crippen LogP contribution >= 0.6 is 0 Å². The average molecular weight is 407 g/mol. The fourth-order valence-corrected chi connectivity index (χ4v) is 3.14. The maximum Gasteiger partial charge on any atom is 0.255 e. The van der Waals surface area contributed by atoms with Crippen molar-refractivity contribution in [2.75, 3.05) is 0 Å². The van der Waals surface area contributed by atoms with Gasteiger partial charge in [0.25, 0.3) is 5.91 Å². The second-order valence-electron chi connectivity index (χ2n) is 6.96. The van der Waals surface area contributed by atoms with Crippen LogP contribution in [0.2, 0.25) is 0 Å². The summed E-state index contributed by atoms with van der Waals surface area (Å²) in [6, 6.07) is 14.0. The van der Waals surface area contributed by atoms with Crippen LogP contribution in [0, 0.1) is 0 Å². The first-order chi connectivity index (χ1) is 14.5. The fraction of sp³-hybridized carbons (Fsp3) is 0.273. The van der Waals surface area contributed by atoms with Gasteiger partial charge in [0.05, 0.1) is 17.3 Å². The first kappa shape index (κ1) is 21.2. The molecule has 0 saturated heterocycles. The van der Waals surface area contributed by atoms with E-state index in [-0.39, 0.29) is 5.56 Å². The van der Waals surface area contributed by atoms with Crippen molar-refractivity contribution in [2.45, 2.75) is 38.3 Å². The molecule has 0 fully saturated rings. The number of nitrogens with two attached hydrogens (primary N) is 1. The Balaban J connectivity index is 1.86. The Morgan fingerprint density at radius 2 is 1.93 bits per heavy atom.